The number of nitrogens with zero attached hydrogens (tertiary/aromatic N) is 4. The van der Waals surface area contributed by atoms with Crippen molar-refractivity contribution in [2.45, 2.75) is 6.54 Å². The van der Waals surface area contributed by atoms with E-state index in [0.29, 0.717) is 17.4 Å². The third kappa shape index (κ3) is 2.19. The molecule has 5 nitrogen and oxygen atoms in total. The summed E-state index contributed by atoms with van der Waals surface area (Å²) in [5, 5.41) is 0.618. The standard InChI is InChI=1S/C13H11BrN4O/c1-17-7-15-5-10(17)6-18-8-16-12-4-9(14)2-3-11(12)13(18)19/h2-5,7-8H,6H2,1H3. The summed E-state index contributed by atoms with van der Waals surface area (Å²) in [5.41, 5.74) is 1.61. The topological polar surface area (TPSA) is 52.7 Å². The Hall–Kier alpha value is -1.95. The summed E-state index contributed by atoms with van der Waals surface area (Å²) < 4.78 is 4.39. The molecule has 6 heteroatoms. The van der Waals surface area contributed by atoms with Crippen molar-refractivity contribution in [3.63, 3.8) is 0 Å². The molecule has 0 aliphatic carbocycles. The van der Waals surface area contributed by atoms with Crippen molar-refractivity contribution in [3.05, 3.63) is 57.6 Å². The Morgan fingerprint density at radius 2 is 2.16 bits per heavy atom. The van der Waals surface area contributed by atoms with Gasteiger partial charge in [0.15, 0.2) is 0 Å². The maximum Gasteiger partial charge on any atom is 0.261 e. The van der Waals surface area contributed by atoms with Gasteiger partial charge in [-0.25, -0.2) is 9.97 Å². The van der Waals surface area contributed by atoms with Gasteiger partial charge in [0.1, 0.15) is 0 Å². The lowest BCUT2D eigenvalue weighted by Gasteiger charge is -2.07. The lowest BCUT2D eigenvalue weighted by molar-refractivity contribution is 0.693. The first-order valence-corrected chi connectivity index (χ1v) is 6.54. The van der Waals surface area contributed by atoms with Crippen LogP contribution in [0.4, 0.5) is 0 Å². The van der Waals surface area contributed by atoms with Crippen LogP contribution < -0.4 is 5.56 Å². The van der Waals surface area contributed by atoms with Gasteiger partial charge >= 0.3 is 0 Å². The molecule has 0 fully saturated rings. The van der Waals surface area contributed by atoms with E-state index in [4.69, 9.17) is 0 Å². The van der Waals surface area contributed by atoms with Gasteiger partial charge in [-0.1, -0.05) is 15.9 Å². The molecule has 0 amide bonds. The van der Waals surface area contributed by atoms with Crippen LogP contribution in [0.15, 0.2) is 46.3 Å². The first kappa shape index (κ1) is 12.1. The minimum Gasteiger partial charge on any atom is -0.336 e. The molecule has 0 saturated carbocycles. The summed E-state index contributed by atoms with van der Waals surface area (Å²) in [6.07, 6.45) is 5.04. The van der Waals surface area contributed by atoms with Gasteiger partial charge in [-0.3, -0.25) is 9.36 Å². The number of hydrogen-bond donors (Lipinski definition) is 0. The van der Waals surface area contributed by atoms with Crippen LogP contribution in [0.25, 0.3) is 10.9 Å². The fourth-order valence-electron chi connectivity index (χ4n) is 1.96. The molecule has 3 rings (SSSR count). The number of halogens is 1. The molecular formula is C13H11BrN4O. The molecule has 2 heterocycles. The molecule has 0 saturated heterocycles. The van der Waals surface area contributed by atoms with Gasteiger partial charge in [0, 0.05) is 17.7 Å². The first-order chi connectivity index (χ1) is 9.15. The summed E-state index contributed by atoms with van der Waals surface area (Å²) in [6.45, 7) is 0.467. The van der Waals surface area contributed by atoms with Crippen molar-refractivity contribution < 1.29 is 0 Å². The number of hydrogen-bond acceptors (Lipinski definition) is 3. The Balaban J connectivity index is 2.11. The second-order valence-corrected chi connectivity index (χ2v) is 5.25. The maximum atomic E-state index is 12.4. The summed E-state index contributed by atoms with van der Waals surface area (Å²) in [5.74, 6) is 0. The van der Waals surface area contributed by atoms with Crippen LogP contribution in [0.1, 0.15) is 5.69 Å². The molecule has 0 unspecified atom stereocenters. The zero-order chi connectivity index (χ0) is 13.4. The van der Waals surface area contributed by atoms with E-state index in [2.05, 4.69) is 25.9 Å². The van der Waals surface area contributed by atoms with Crippen LogP contribution >= 0.6 is 15.9 Å². The van der Waals surface area contributed by atoms with Crippen molar-refractivity contribution in [2.24, 2.45) is 7.05 Å². The van der Waals surface area contributed by atoms with Gasteiger partial charge in [0.25, 0.3) is 5.56 Å². The largest absolute Gasteiger partial charge is 0.336 e. The molecular weight excluding hydrogens is 308 g/mol. The zero-order valence-electron chi connectivity index (χ0n) is 10.2. The van der Waals surface area contributed by atoms with Gasteiger partial charge in [0.05, 0.1) is 35.8 Å². The highest BCUT2D eigenvalue weighted by atomic mass is 79.9. The van der Waals surface area contributed by atoms with Crippen molar-refractivity contribution in [2.75, 3.05) is 0 Å². The maximum absolute atomic E-state index is 12.4. The molecule has 0 bridgehead atoms. The molecule has 19 heavy (non-hydrogen) atoms. The number of benzene rings is 1. The third-order valence-electron chi connectivity index (χ3n) is 3.04. The Labute approximate surface area is 117 Å². The van der Waals surface area contributed by atoms with Gasteiger partial charge in [-0.2, -0.15) is 0 Å². The zero-order valence-corrected chi connectivity index (χ0v) is 11.8. The van der Waals surface area contributed by atoms with Gasteiger partial charge in [-0.05, 0) is 18.2 Å². The second kappa shape index (κ2) is 4.62. The van der Waals surface area contributed by atoms with E-state index in [1.807, 2.05) is 23.7 Å². The van der Waals surface area contributed by atoms with E-state index in [0.717, 1.165) is 10.2 Å². The number of imidazole rings is 1. The molecule has 3 aromatic rings. The summed E-state index contributed by atoms with van der Waals surface area (Å²) in [6, 6.07) is 5.47. The number of rotatable bonds is 2. The van der Waals surface area contributed by atoms with E-state index in [-0.39, 0.29) is 5.56 Å². The highest BCUT2D eigenvalue weighted by Crippen LogP contribution is 2.15. The molecule has 1 aromatic carbocycles. The molecule has 0 aliphatic rings. The summed E-state index contributed by atoms with van der Waals surface area (Å²) in [7, 11) is 1.90. The fourth-order valence-corrected chi connectivity index (χ4v) is 2.30. The van der Waals surface area contributed by atoms with Crippen LogP contribution in [-0.2, 0) is 13.6 Å². The van der Waals surface area contributed by atoms with Crippen LogP contribution in [0.2, 0.25) is 0 Å². The predicted octanol–water partition coefficient (Wildman–Crippen LogP) is 1.94. The predicted molar refractivity (Wildman–Crippen MR) is 76.0 cm³/mol. The molecule has 0 atom stereocenters. The third-order valence-corrected chi connectivity index (χ3v) is 3.53. The van der Waals surface area contributed by atoms with Crippen molar-refractivity contribution in [1.82, 2.24) is 19.1 Å². The van der Waals surface area contributed by atoms with Gasteiger partial charge in [0.2, 0.25) is 0 Å². The molecule has 0 spiro atoms. The Morgan fingerprint density at radius 3 is 2.89 bits per heavy atom. The van der Waals surface area contributed by atoms with Gasteiger partial charge in [-0.15, -0.1) is 0 Å². The van der Waals surface area contributed by atoms with E-state index >= 15 is 0 Å². The quantitative estimate of drug-likeness (QED) is 0.725. The molecule has 96 valence electrons. The second-order valence-electron chi connectivity index (χ2n) is 4.33. The summed E-state index contributed by atoms with van der Waals surface area (Å²) in [4.78, 5) is 20.7. The molecule has 0 radical (unpaired) electrons. The number of fused-ring (bicyclic) bond motifs is 1. The van der Waals surface area contributed by atoms with Crippen LogP contribution in [0.5, 0.6) is 0 Å². The smallest absolute Gasteiger partial charge is 0.261 e. The average Bonchev–Trinajstić information content (AvgIpc) is 2.78. The number of aryl methyl sites for hydroxylation is 1. The van der Waals surface area contributed by atoms with E-state index in [1.54, 1.807) is 29.5 Å². The minimum absolute atomic E-state index is 0.0429. The van der Waals surface area contributed by atoms with Crippen LogP contribution in [-0.4, -0.2) is 19.1 Å². The summed E-state index contributed by atoms with van der Waals surface area (Å²) >= 11 is 3.37. The van der Waals surface area contributed by atoms with Gasteiger partial charge < -0.3 is 4.57 Å². The van der Waals surface area contributed by atoms with Crippen molar-refractivity contribution in [1.29, 1.82) is 0 Å². The van der Waals surface area contributed by atoms with Crippen LogP contribution in [0.3, 0.4) is 0 Å². The molecule has 0 aliphatic heterocycles. The SMILES string of the molecule is Cn1cncc1Cn1cnc2cc(Br)ccc2c1=O. The van der Waals surface area contributed by atoms with Crippen molar-refractivity contribution in [3.8, 4) is 0 Å². The van der Waals surface area contributed by atoms with Crippen molar-refractivity contribution >= 4 is 26.8 Å². The normalized spacial score (nSPS) is 11.1. The number of aromatic nitrogens is 4. The Morgan fingerprint density at radius 1 is 1.32 bits per heavy atom. The minimum atomic E-state index is -0.0429. The monoisotopic (exact) mass is 318 g/mol. The van der Waals surface area contributed by atoms with Crippen LogP contribution in [0, 0.1) is 0 Å². The average molecular weight is 319 g/mol. The highest BCUT2D eigenvalue weighted by molar-refractivity contribution is 9.10. The highest BCUT2D eigenvalue weighted by Gasteiger charge is 2.06. The molecule has 2 aromatic heterocycles. The Bertz CT molecular complexity index is 806. The molecule has 0 N–H and O–H groups in total. The lowest BCUT2D eigenvalue weighted by Crippen LogP contribution is -2.22. The Kier molecular flexibility index (Phi) is 2.94. The van der Waals surface area contributed by atoms with E-state index in [1.165, 1.54) is 0 Å². The van der Waals surface area contributed by atoms with E-state index < -0.39 is 0 Å². The first-order valence-electron chi connectivity index (χ1n) is 5.75. The lowest BCUT2D eigenvalue weighted by atomic mass is 10.2. The fraction of sp³-hybridized carbons (Fsp3) is 0.154. The van der Waals surface area contributed by atoms with E-state index in [9.17, 15) is 4.79 Å².